The highest BCUT2D eigenvalue weighted by Crippen LogP contribution is 2.17. The molecule has 0 aliphatic rings. The molecule has 3 N–H and O–H groups in total. The number of aliphatic hydroxyl groups is 1. The highest BCUT2D eigenvalue weighted by atomic mass is 16.3. The normalized spacial score (nSPS) is 11.7. The van der Waals surface area contributed by atoms with Crippen molar-refractivity contribution < 1.29 is 14.7 Å². The summed E-state index contributed by atoms with van der Waals surface area (Å²) in [6.07, 6.45) is -0.00584. The van der Waals surface area contributed by atoms with Gasteiger partial charge in [-0.05, 0) is 54.7 Å². The van der Waals surface area contributed by atoms with Gasteiger partial charge in [0.1, 0.15) is 0 Å². The summed E-state index contributed by atoms with van der Waals surface area (Å²) in [6, 6.07) is 12.9. The Kier molecular flexibility index (Phi) is 6.31. The van der Waals surface area contributed by atoms with E-state index < -0.39 is 17.9 Å². The van der Waals surface area contributed by atoms with Crippen LogP contribution in [0.15, 0.2) is 42.5 Å². The van der Waals surface area contributed by atoms with E-state index in [1.165, 1.54) is 0 Å². The molecule has 0 aliphatic carbocycles. The van der Waals surface area contributed by atoms with Crippen LogP contribution in [0, 0.1) is 13.8 Å². The first kappa shape index (κ1) is 18.7. The van der Waals surface area contributed by atoms with Crippen molar-refractivity contribution in [3.8, 4) is 0 Å². The van der Waals surface area contributed by atoms with Crippen LogP contribution in [0.1, 0.15) is 35.3 Å². The van der Waals surface area contributed by atoms with Crippen molar-refractivity contribution in [3.05, 3.63) is 64.7 Å². The molecule has 5 heteroatoms. The number of hydrogen-bond donors (Lipinski definition) is 3. The number of hydrogen-bond acceptors (Lipinski definition) is 3. The third kappa shape index (κ3) is 4.90. The number of aryl methyl sites for hydroxylation is 3. The first-order chi connectivity index (χ1) is 11.9. The van der Waals surface area contributed by atoms with Crippen molar-refractivity contribution >= 4 is 17.5 Å². The number of carbonyl (C=O) groups is 2. The van der Waals surface area contributed by atoms with Crippen molar-refractivity contribution in [3.63, 3.8) is 0 Å². The molecule has 2 amide bonds. The van der Waals surface area contributed by atoms with Crippen LogP contribution in [0.5, 0.6) is 0 Å². The number of carbonyl (C=O) groups excluding carboxylic acids is 2. The minimum Gasteiger partial charge on any atom is -0.387 e. The highest BCUT2D eigenvalue weighted by molar-refractivity contribution is 6.39. The number of nitrogens with one attached hydrogen (secondary N) is 2. The summed E-state index contributed by atoms with van der Waals surface area (Å²) >= 11 is 0. The van der Waals surface area contributed by atoms with Crippen LogP contribution in [-0.4, -0.2) is 23.5 Å². The van der Waals surface area contributed by atoms with Gasteiger partial charge in [-0.3, -0.25) is 9.59 Å². The van der Waals surface area contributed by atoms with Gasteiger partial charge in [-0.2, -0.15) is 0 Å². The summed E-state index contributed by atoms with van der Waals surface area (Å²) in [6.45, 7) is 5.90. The lowest BCUT2D eigenvalue weighted by molar-refractivity contribution is -0.136. The van der Waals surface area contributed by atoms with Gasteiger partial charge in [-0.1, -0.05) is 37.3 Å². The van der Waals surface area contributed by atoms with E-state index in [2.05, 4.69) is 10.6 Å². The van der Waals surface area contributed by atoms with Gasteiger partial charge in [-0.25, -0.2) is 0 Å². The Labute approximate surface area is 148 Å². The number of amides is 2. The van der Waals surface area contributed by atoms with E-state index in [-0.39, 0.29) is 6.54 Å². The predicted molar refractivity (Wildman–Crippen MR) is 98.3 cm³/mol. The van der Waals surface area contributed by atoms with E-state index in [0.717, 1.165) is 28.7 Å². The van der Waals surface area contributed by atoms with E-state index >= 15 is 0 Å². The molecular formula is C20H24N2O3. The van der Waals surface area contributed by atoms with E-state index in [9.17, 15) is 14.7 Å². The molecule has 0 saturated heterocycles. The molecule has 0 aromatic heterocycles. The SMILES string of the molecule is CCc1cc(NC(=O)C(=O)NCC(O)c2ccccc2C)ccc1C. The van der Waals surface area contributed by atoms with Crippen LogP contribution < -0.4 is 10.6 Å². The smallest absolute Gasteiger partial charge is 0.313 e. The molecule has 0 heterocycles. The Hall–Kier alpha value is -2.66. The Bertz CT molecular complexity index is 771. The van der Waals surface area contributed by atoms with Gasteiger partial charge in [0.25, 0.3) is 0 Å². The summed E-state index contributed by atoms with van der Waals surface area (Å²) in [5.74, 6) is -1.52. The second-order valence-corrected chi connectivity index (χ2v) is 6.03. The summed E-state index contributed by atoms with van der Waals surface area (Å²) in [5, 5.41) is 15.2. The molecule has 2 aromatic rings. The van der Waals surface area contributed by atoms with Crippen molar-refractivity contribution in [1.29, 1.82) is 0 Å². The third-order valence-electron chi connectivity index (χ3n) is 4.20. The van der Waals surface area contributed by atoms with Crippen LogP contribution in [0.2, 0.25) is 0 Å². The number of benzene rings is 2. The lowest BCUT2D eigenvalue weighted by Crippen LogP contribution is -2.37. The third-order valence-corrected chi connectivity index (χ3v) is 4.20. The van der Waals surface area contributed by atoms with Crippen LogP contribution in [0.3, 0.4) is 0 Å². The topological polar surface area (TPSA) is 78.4 Å². The molecular weight excluding hydrogens is 316 g/mol. The average molecular weight is 340 g/mol. The fourth-order valence-electron chi connectivity index (χ4n) is 2.66. The second-order valence-electron chi connectivity index (χ2n) is 6.03. The van der Waals surface area contributed by atoms with Crippen molar-refractivity contribution in [2.75, 3.05) is 11.9 Å². The fourth-order valence-corrected chi connectivity index (χ4v) is 2.66. The number of rotatable bonds is 5. The molecule has 132 valence electrons. The molecule has 2 rings (SSSR count). The molecule has 1 atom stereocenters. The summed E-state index contributed by atoms with van der Waals surface area (Å²) in [7, 11) is 0. The lowest BCUT2D eigenvalue weighted by atomic mass is 10.0. The molecule has 2 aromatic carbocycles. The molecule has 0 saturated carbocycles. The second kappa shape index (κ2) is 8.44. The molecule has 0 bridgehead atoms. The Balaban J connectivity index is 1.92. The Morgan fingerprint density at radius 3 is 2.44 bits per heavy atom. The number of anilines is 1. The Morgan fingerprint density at radius 2 is 1.76 bits per heavy atom. The van der Waals surface area contributed by atoms with Crippen LogP contribution >= 0.6 is 0 Å². The molecule has 0 fully saturated rings. The van der Waals surface area contributed by atoms with Gasteiger partial charge in [0.15, 0.2) is 0 Å². The standard InChI is InChI=1S/C20H24N2O3/c1-4-15-11-16(10-9-13(15)2)22-20(25)19(24)21-12-18(23)17-8-6-5-7-14(17)3/h5-11,18,23H,4,12H2,1-3H3,(H,21,24)(H,22,25). The van der Waals surface area contributed by atoms with E-state index in [1.54, 1.807) is 12.1 Å². The Morgan fingerprint density at radius 1 is 1.04 bits per heavy atom. The average Bonchev–Trinajstić information content (AvgIpc) is 2.61. The lowest BCUT2D eigenvalue weighted by Gasteiger charge is -2.14. The van der Waals surface area contributed by atoms with Gasteiger partial charge >= 0.3 is 11.8 Å². The molecule has 0 radical (unpaired) electrons. The van der Waals surface area contributed by atoms with Crippen molar-refractivity contribution in [2.45, 2.75) is 33.3 Å². The first-order valence-corrected chi connectivity index (χ1v) is 8.34. The highest BCUT2D eigenvalue weighted by Gasteiger charge is 2.17. The van der Waals surface area contributed by atoms with E-state index in [0.29, 0.717) is 5.69 Å². The molecule has 1 unspecified atom stereocenters. The van der Waals surface area contributed by atoms with Crippen LogP contribution in [0.25, 0.3) is 0 Å². The monoisotopic (exact) mass is 340 g/mol. The maximum absolute atomic E-state index is 12.0. The number of aliphatic hydroxyl groups excluding tert-OH is 1. The summed E-state index contributed by atoms with van der Waals surface area (Å²) in [4.78, 5) is 24.0. The quantitative estimate of drug-likeness (QED) is 0.732. The first-order valence-electron chi connectivity index (χ1n) is 8.34. The van der Waals surface area contributed by atoms with Crippen LogP contribution in [0.4, 0.5) is 5.69 Å². The summed E-state index contributed by atoms with van der Waals surface area (Å²) in [5.41, 5.74) is 4.51. The van der Waals surface area contributed by atoms with Crippen molar-refractivity contribution in [1.82, 2.24) is 5.32 Å². The fraction of sp³-hybridized carbons (Fsp3) is 0.300. The zero-order chi connectivity index (χ0) is 18.4. The van der Waals surface area contributed by atoms with Crippen LogP contribution in [-0.2, 0) is 16.0 Å². The molecule has 0 spiro atoms. The van der Waals surface area contributed by atoms with Crippen molar-refractivity contribution in [2.24, 2.45) is 0 Å². The van der Waals surface area contributed by atoms with Gasteiger partial charge in [0.05, 0.1) is 6.10 Å². The van der Waals surface area contributed by atoms with Gasteiger partial charge < -0.3 is 15.7 Å². The maximum atomic E-state index is 12.0. The molecule has 5 nitrogen and oxygen atoms in total. The van der Waals surface area contributed by atoms with Gasteiger partial charge in [0, 0.05) is 12.2 Å². The largest absolute Gasteiger partial charge is 0.387 e. The van der Waals surface area contributed by atoms with Gasteiger partial charge in [0.2, 0.25) is 0 Å². The van der Waals surface area contributed by atoms with E-state index in [1.807, 2.05) is 51.1 Å². The minimum absolute atomic E-state index is 0.0226. The minimum atomic E-state index is -0.857. The van der Waals surface area contributed by atoms with Gasteiger partial charge in [-0.15, -0.1) is 0 Å². The zero-order valence-electron chi connectivity index (χ0n) is 14.8. The zero-order valence-corrected chi connectivity index (χ0v) is 14.8. The summed E-state index contributed by atoms with van der Waals surface area (Å²) < 4.78 is 0. The van der Waals surface area contributed by atoms with E-state index in [4.69, 9.17) is 0 Å². The maximum Gasteiger partial charge on any atom is 0.313 e. The predicted octanol–water partition coefficient (Wildman–Crippen LogP) is 2.65. The molecule has 25 heavy (non-hydrogen) atoms. The molecule has 0 aliphatic heterocycles.